The molecule has 0 aliphatic heterocycles. The first-order chi connectivity index (χ1) is 23.3. The SMILES string of the molecule is c1ccc(C(=C2CCC2)c2ccc(-n3c4c5c(ccc4c4ccc6oc7ccccc7c6c43)C3CCC3c3ccccc3-5)cc2)cc1. The Hall–Kier alpha value is -5.34. The van der Waals surface area contributed by atoms with Crippen LogP contribution in [-0.4, -0.2) is 4.57 Å². The van der Waals surface area contributed by atoms with Gasteiger partial charge in [0.2, 0.25) is 0 Å². The molecule has 0 bridgehead atoms. The average molecular weight is 604 g/mol. The zero-order chi connectivity index (χ0) is 30.6. The van der Waals surface area contributed by atoms with E-state index in [1.807, 2.05) is 0 Å². The Morgan fingerprint density at radius 3 is 2.06 bits per heavy atom. The highest BCUT2D eigenvalue weighted by Gasteiger charge is 2.41. The number of benzene rings is 6. The van der Waals surface area contributed by atoms with Crippen LogP contribution < -0.4 is 0 Å². The minimum Gasteiger partial charge on any atom is -0.456 e. The minimum atomic E-state index is 0.593. The number of nitrogens with zero attached hydrogens (tertiary/aromatic N) is 1. The Labute approximate surface area is 273 Å². The third kappa shape index (κ3) is 3.51. The van der Waals surface area contributed by atoms with Crippen molar-refractivity contribution in [2.45, 2.75) is 43.9 Å². The van der Waals surface area contributed by atoms with Crippen LogP contribution in [0.1, 0.15) is 66.2 Å². The fourth-order valence-electron chi connectivity index (χ4n) is 9.12. The van der Waals surface area contributed by atoms with Crippen molar-refractivity contribution >= 4 is 49.3 Å². The van der Waals surface area contributed by atoms with E-state index in [0.29, 0.717) is 11.8 Å². The van der Waals surface area contributed by atoms with Gasteiger partial charge >= 0.3 is 0 Å². The molecular formula is C45H33NO. The lowest BCUT2D eigenvalue weighted by Crippen LogP contribution is -2.26. The highest BCUT2D eigenvalue weighted by molar-refractivity contribution is 6.26. The van der Waals surface area contributed by atoms with Crippen molar-refractivity contribution in [2.75, 3.05) is 0 Å². The Morgan fingerprint density at radius 1 is 0.553 bits per heavy atom. The van der Waals surface area contributed by atoms with E-state index in [2.05, 4.69) is 132 Å². The smallest absolute Gasteiger partial charge is 0.137 e. The Bertz CT molecular complexity index is 2590. The minimum absolute atomic E-state index is 0.593. The summed E-state index contributed by atoms with van der Waals surface area (Å²) in [4.78, 5) is 0. The first-order valence-corrected chi connectivity index (χ1v) is 17.2. The summed E-state index contributed by atoms with van der Waals surface area (Å²) in [5.41, 5.74) is 17.1. The quantitative estimate of drug-likeness (QED) is 0.196. The monoisotopic (exact) mass is 603 g/mol. The molecule has 0 spiro atoms. The summed E-state index contributed by atoms with van der Waals surface area (Å²) in [6.07, 6.45) is 6.22. The third-order valence-corrected chi connectivity index (χ3v) is 11.6. The van der Waals surface area contributed by atoms with Crippen molar-refractivity contribution in [3.8, 4) is 16.8 Å². The summed E-state index contributed by atoms with van der Waals surface area (Å²) in [7, 11) is 0. The molecule has 6 aromatic carbocycles. The van der Waals surface area contributed by atoms with Crippen LogP contribution in [0.4, 0.5) is 0 Å². The molecule has 3 aliphatic rings. The zero-order valence-corrected chi connectivity index (χ0v) is 26.2. The molecule has 2 heteroatoms. The lowest BCUT2D eigenvalue weighted by molar-refractivity contribution is 0.343. The van der Waals surface area contributed by atoms with Gasteiger partial charge in [0.25, 0.3) is 0 Å². The van der Waals surface area contributed by atoms with Crippen LogP contribution in [0, 0.1) is 0 Å². The van der Waals surface area contributed by atoms with Crippen LogP contribution in [0.15, 0.2) is 137 Å². The van der Waals surface area contributed by atoms with Crippen molar-refractivity contribution < 1.29 is 4.42 Å². The fourth-order valence-corrected chi connectivity index (χ4v) is 9.12. The number of aromatic nitrogens is 1. The molecule has 11 rings (SSSR count). The summed E-state index contributed by atoms with van der Waals surface area (Å²) < 4.78 is 9.06. The second-order valence-electron chi connectivity index (χ2n) is 13.8. The van der Waals surface area contributed by atoms with E-state index >= 15 is 0 Å². The number of para-hydroxylation sites is 1. The lowest BCUT2D eigenvalue weighted by atomic mass is 9.60. The Balaban J connectivity index is 1.25. The molecule has 3 aliphatic carbocycles. The third-order valence-electron chi connectivity index (χ3n) is 11.6. The molecule has 0 N–H and O–H groups in total. The second-order valence-corrected chi connectivity index (χ2v) is 13.8. The molecule has 224 valence electrons. The van der Waals surface area contributed by atoms with E-state index in [4.69, 9.17) is 4.42 Å². The highest BCUT2D eigenvalue weighted by Crippen LogP contribution is 2.59. The van der Waals surface area contributed by atoms with Gasteiger partial charge < -0.3 is 8.98 Å². The zero-order valence-electron chi connectivity index (χ0n) is 26.2. The van der Waals surface area contributed by atoms with Gasteiger partial charge in [0, 0.05) is 27.4 Å². The van der Waals surface area contributed by atoms with Gasteiger partial charge in [-0.3, -0.25) is 0 Å². The van der Waals surface area contributed by atoms with Gasteiger partial charge in [-0.05, 0) is 108 Å². The van der Waals surface area contributed by atoms with Crippen molar-refractivity contribution in [2.24, 2.45) is 0 Å². The van der Waals surface area contributed by atoms with E-state index in [9.17, 15) is 0 Å². The molecule has 2 saturated carbocycles. The lowest BCUT2D eigenvalue weighted by Gasteiger charge is -2.43. The second kappa shape index (κ2) is 9.59. The average Bonchev–Trinajstić information content (AvgIpc) is 3.62. The number of fused-ring (bicyclic) bond motifs is 14. The molecular weight excluding hydrogens is 571 g/mol. The molecule has 2 unspecified atom stereocenters. The maximum absolute atomic E-state index is 6.48. The Kier molecular flexibility index (Phi) is 5.27. The topological polar surface area (TPSA) is 18.1 Å². The predicted molar refractivity (Wildman–Crippen MR) is 195 cm³/mol. The molecule has 47 heavy (non-hydrogen) atoms. The van der Waals surface area contributed by atoms with Crippen LogP contribution >= 0.6 is 0 Å². The van der Waals surface area contributed by atoms with E-state index in [1.54, 1.807) is 5.57 Å². The highest BCUT2D eigenvalue weighted by atomic mass is 16.3. The van der Waals surface area contributed by atoms with Crippen LogP contribution in [0.3, 0.4) is 0 Å². The van der Waals surface area contributed by atoms with E-state index in [-0.39, 0.29) is 0 Å². The molecule has 2 aromatic heterocycles. The van der Waals surface area contributed by atoms with Gasteiger partial charge in [-0.15, -0.1) is 0 Å². The summed E-state index contributed by atoms with van der Waals surface area (Å²) in [5, 5.41) is 4.95. The largest absolute Gasteiger partial charge is 0.456 e. The van der Waals surface area contributed by atoms with Crippen molar-refractivity contribution in [3.05, 3.63) is 155 Å². The van der Waals surface area contributed by atoms with Gasteiger partial charge in [0.05, 0.1) is 16.4 Å². The molecule has 2 nitrogen and oxygen atoms in total. The van der Waals surface area contributed by atoms with Gasteiger partial charge in [0.15, 0.2) is 0 Å². The Morgan fingerprint density at radius 2 is 1.26 bits per heavy atom. The number of furan rings is 1. The van der Waals surface area contributed by atoms with Crippen LogP contribution in [0.5, 0.6) is 0 Å². The standard InChI is InChI=1S/C45H33NO/c1-2-9-27(10-3-1)41(28-11-8-12-28)29-17-19-30(20-18-29)46-44-36(37-25-26-40-43(45(37)46)38-15-6-7-16-39(38)47-40)24-23-35-33-22-21-32(33)31-13-4-5-14-34(31)42(35)44/h1-7,9-10,13-20,23-26,32-33H,8,11-12,21-22H2. The van der Waals surface area contributed by atoms with Crippen LogP contribution in [0.2, 0.25) is 0 Å². The van der Waals surface area contributed by atoms with Crippen molar-refractivity contribution in [1.29, 1.82) is 0 Å². The molecule has 2 heterocycles. The number of allylic oxidation sites excluding steroid dienone is 1. The molecule has 8 aromatic rings. The maximum Gasteiger partial charge on any atom is 0.137 e. The normalized spacial score (nSPS) is 18.2. The maximum atomic E-state index is 6.48. The van der Waals surface area contributed by atoms with Crippen molar-refractivity contribution in [1.82, 2.24) is 4.57 Å². The number of rotatable bonds is 3. The van der Waals surface area contributed by atoms with E-state index in [1.165, 1.54) is 109 Å². The van der Waals surface area contributed by atoms with Crippen LogP contribution in [0.25, 0.3) is 66.1 Å². The summed E-state index contributed by atoms with van der Waals surface area (Å²) in [6, 6.07) is 47.4. The van der Waals surface area contributed by atoms with Gasteiger partial charge in [-0.1, -0.05) is 103 Å². The fraction of sp³-hybridized carbons (Fsp3) is 0.156. The molecule has 2 atom stereocenters. The van der Waals surface area contributed by atoms with Gasteiger partial charge in [0.1, 0.15) is 11.2 Å². The first kappa shape index (κ1) is 25.8. The molecule has 0 saturated heterocycles. The van der Waals surface area contributed by atoms with E-state index in [0.717, 1.165) is 11.2 Å². The van der Waals surface area contributed by atoms with Crippen molar-refractivity contribution in [3.63, 3.8) is 0 Å². The van der Waals surface area contributed by atoms with E-state index < -0.39 is 0 Å². The summed E-state index contributed by atoms with van der Waals surface area (Å²) in [5.74, 6) is 1.23. The summed E-state index contributed by atoms with van der Waals surface area (Å²) >= 11 is 0. The van der Waals surface area contributed by atoms with Crippen LogP contribution in [-0.2, 0) is 0 Å². The molecule has 0 radical (unpaired) electrons. The number of hydrogen-bond donors (Lipinski definition) is 0. The van der Waals surface area contributed by atoms with Gasteiger partial charge in [-0.2, -0.15) is 0 Å². The molecule has 2 fully saturated rings. The van der Waals surface area contributed by atoms with Gasteiger partial charge in [-0.25, -0.2) is 0 Å². The first-order valence-electron chi connectivity index (χ1n) is 17.2. The summed E-state index contributed by atoms with van der Waals surface area (Å²) in [6.45, 7) is 0. The molecule has 0 amide bonds. The predicted octanol–water partition coefficient (Wildman–Crippen LogP) is 12.3. The number of hydrogen-bond acceptors (Lipinski definition) is 1.